The Kier molecular flexibility index (Phi) is 5.39. The number of hydrogen-bond acceptors (Lipinski definition) is 4. The maximum Gasteiger partial charge on any atom is 0.416 e. The van der Waals surface area contributed by atoms with Crippen LogP contribution < -0.4 is 10.1 Å². The van der Waals surface area contributed by atoms with E-state index in [9.17, 15) is 18.0 Å². The Bertz CT molecular complexity index is 755. The normalized spacial score (nSPS) is 12.1. The third-order valence-electron chi connectivity index (χ3n) is 3.01. The molecule has 1 aromatic heterocycles. The van der Waals surface area contributed by atoms with Crippen LogP contribution >= 0.6 is 0 Å². The Morgan fingerprint density at radius 2 is 1.88 bits per heavy atom. The van der Waals surface area contributed by atoms with Gasteiger partial charge in [-0.2, -0.15) is 13.2 Å². The third kappa shape index (κ3) is 5.81. The number of halogens is 3. The van der Waals surface area contributed by atoms with Crippen LogP contribution in [0.25, 0.3) is 10.9 Å². The molecule has 2 rings (SSSR count). The van der Waals surface area contributed by atoms with Gasteiger partial charge in [-0.05, 0) is 45.0 Å². The highest BCUT2D eigenvalue weighted by Gasteiger charge is 2.30. The molecule has 0 atom stereocenters. The summed E-state index contributed by atoms with van der Waals surface area (Å²) in [7, 11) is 0. The van der Waals surface area contributed by atoms with Gasteiger partial charge in [0.25, 0.3) is 0 Å². The van der Waals surface area contributed by atoms with Crippen molar-refractivity contribution in [1.82, 2.24) is 10.3 Å². The lowest BCUT2D eigenvalue weighted by Crippen LogP contribution is -2.34. The van der Waals surface area contributed by atoms with E-state index in [4.69, 9.17) is 9.47 Å². The van der Waals surface area contributed by atoms with E-state index in [1.807, 2.05) is 0 Å². The van der Waals surface area contributed by atoms with Crippen molar-refractivity contribution >= 4 is 17.0 Å². The monoisotopic (exact) mass is 356 g/mol. The molecule has 1 amide bonds. The number of benzene rings is 1. The summed E-state index contributed by atoms with van der Waals surface area (Å²) in [4.78, 5) is 15.6. The zero-order chi connectivity index (χ0) is 18.7. The average molecular weight is 356 g/mol. The second-order valence-electron chi connectivity index (χ2n) is 6.33. The molecular weight excluding hydrogens is 337 g/mol. The van der Waals surface area contributed by atoms with Gasteiger partial charge in [-0.25, -0.2) is 9.78 Å². The lowest BCUT2D eigenvalue weighted by atomic mass is 10.1. The number of aromatic nitrogens is 1. The lowest BCUT2D eigenvalue weighted by molar-refractivity contribution is -0.137. The largest absolute Gasteiger partial charge is 0.476 e. The molecule has 1 heterocycles. The Morgan fingerprint density at radius 1 is 1.16 bits per heavy atom. The number of rotatable bonds is 4. The van der Waals surface area contributed by atoms with Crippen molar-refractivity contribution in [3.8, 4) is 5.88 Å². The quantitative estimate of drug-likeness (QED) is 0.836. The number of ether oxygens (including phenoxy) is 2. The van der Waals surface area contributed by atoms with Crippen molar-refractivity contribution in [2.45, 2.75) is 32.5 Å². The smallest absolute Gasteiger partial charge is 0.416 e. The van der Waals surface area contributed by atoms with Crippen molar-refractivity contribution < 1.29 is 27.4 Å². The number of nitrogens with one attached hydrogen (secondary N) is 1. The van der Waals surface area contributed by atoms with Gasteiger partial charge in [-0.15, -0.1) is 0 Å². The van der Waals surface area contributed by atoms with Gasteiger partial charge in [-0.1, -0.05) is 0 Å². The molecule has 1 N–H and O–H groups in total. The van der Waals surface area contributed by atoms with Gasteiger partial charge in [0.05, 0.1) is 17.6 Å². The Hall–Kier alpha value is -2.51. The fourth-order valence-corrected chi connectivity index (χ4v) is 1.99. The number of amides is 1. The predicted molar refractivity (Wildman–Crippen MR) is 86.5 cm³/mol. The van der Waals surface area contributed by atoms with Crippen molar-refractivity contribution in [2.75, 3.05) is 13.2 Å². The summed E-state index contributed by atoms with van der Waals surface area (Å²) >= 11 is 0. The summed E-state index contributed by atoms with van der Waals surface area (Å²) in [5, 5.41) is 2.90. The van der Waals surface area contributed by atoms with Crippen LogP contribution in [0.1, 0.15) is 26.3 Å². The zero-order valence-corrected chi connectivity index (χ0v) is 14.1. The van der Waals surface area contributed by atoms with Gasteiger partial charge in [0.15, 0.2) is 0 Å². The van der Waals surface area contributed by atoms with Crippen molar-refractivity contribution in [3.05, 3.63) is 35.9 Å². The molecule has 0 unspecified atom stereocenters. The number of alkyl carbamates (subject to hydrolysis) is 1. The number of nitrogens with zero attached hydrogens (tertiary/aromatic N) is 1. The second kappa shape index (κ2) is 7.16. The molecule has 0 fully saturated rings. The maximum absolute atomic E-state index is 12.7. The number of carbonyl (C=O) groups is 1. The van der Waals surface area contributed by atoms with Crippen LogP contribution in [0.3, 0.4) is 0 Å². The summed E-state index contributed by atoms with van der Waals surface area (Å²) < 4.78 is 48.5. The highest BCUT2D eigenvalue weighted by molar-refractivity contribution is 5.80. The molecule has 136 valence electrons. The highest BCUT2D eigenvalue weighted by atomic mass is 19.4. The van der Waals surface area contributed by atoms with Gasteiger partial charge in [0, 0.05) is 11.5 Å². The van der Waals surface area contributed by atoms with Crippen molar-refractivity contribution in [2.24, 2.45) is 0 Å². The predicted octanol–water partition coefficient (Wildman–Crippen LogP) is 4.16. The van der Waals surface area contributed by atoms with E-state index in [2.05, 4.69) is 10.3 Å². The average Bonchev–Trinajstić information content (AvgIpc) is 2.48. The highest BCUT2D eigenvalue weighted by Crippen LogP contribution is 2.31. The van der Waals surface area contributed by atoms with Crippen LogP contribution in [0.2, 0.25) is 0 Å². The molecule has 0 radical (unpaired) electrons. The first-order chi connectivity index (χ1) is 11.5. The van der Waals surface area contributed by atoms with Crippen molar-refractivity contribution in [1.29, 1.82) is 0 Å². The topological polar surface area (TPSA) is 60.5 Å². The Balaban J connectivity index is 1.91. The standard InChI is InChI=1S/C17H19F3N2O3/c1-16(2,3)25-15(23)21-8-9-24-14-7-4-11-10-12(17(18,19)20)5-6-13(11)22-14/h4-7,10H,8-9H2,1-3H3,(H,21,23). The van der Waals surface area contributed by atoms with Gasteiger partial charge >= 0.3 is 12.3 Å². The minimum absolute atomic E-state index is 0.151. The van der Waals surface area contributed by atoms with Crippen LogP contribution in [-0.2, 0) is 10.9 Å². The van der Waals surface area contributed by atoms with Gasteiger partial charge in [0.1, 0.15) is 12.2 Å². The molecule has 8 heteroatoms. The van der Waals surface area contributed by atoms with Crippen molar-refractivity contribution in [3.63, 3.8) is 0 Å². The van der Waals surface area contributed by atoms with Crippen LogP contribution in [0.5, 0.6) is 5.88 Å². The first-order valence-electron chi connectivity index (χ1n) is 7.62. The van der Waals surface area contributed by atoms with E-state index in [-0.39, 0.29) is 19.0 Å². The fourth-order valence-electron chi connectivity index (χ4n) is 1.99. The molecule has 1 aromatic carbocycles. The number of carbonyl (C=O) groups excluding carboxylic acids is 1. The molecule has 5 nitrogen and oxygen atoms in total. The van der Waals surface area contributed by atoms with Crippen LogP contribution in [0.15, 0.2) is 30.3 Å². The summed E-state index contributed by atoms with van der Waals surface area (Å²) in [5.41, 5.74) is -0.914. The first kappa shape index (κ1) is 18.8. The summed E-state index contributed by atoms with van der Waals surface area (Å²) in [6.45, 7) is 5.63. The Labute approximate surface area is 143 Å². The molecule has 0 bridgehead atoms. The first-order valence-corrected chi connectivity index (χ1v) is 7.62. The maximum atomic E-state index is 12.7. The molecular formula is C17H19F3N2O3. The number of pyridine rings is 1. The summed E-state index contributed by atoms with van der Waals surface area (Å²) in [6.07, 6.45) is -4.95. The minimum atomic E-state index is -4.39. The molecule has 25 heavy (non-hydrogen) atoms. The Morgan fingerprint density at radius 3 is 2.52 bits per heavy atom. The van der Waals surface area contributed by atoms with E-state index in [1.165, 1.54) is 18.2 Å². The van der Waals surface area contributed by atoms with Gasteiger partial charge in [0.2, 0.25) is 5.88 Å². The third-order valence-corrected chi connectivity index (χ3v) is 3.01. The van der Waals surface area contributed by atoms with E-state index < -0.39 is 23.4 Å². The fraction of sp³-hybridized carbons (Fsp3) is 0.412. The summed E-state index contributed by atoms with van der Waals surface area (Å²) in [5.74, 6) is 0.262. The summed E-state index contributed by atoms with van der Waals surface area (Å²) in [6, 6.07) is 6.30. The molecule has 0 spiro atoms. The van der Waals surface area contributed by atoms with E-state index in [1.54, 1.807) is 20.8 Å². The van der Waals surface area contributed by atoms with Gasteiger partial charge in [-0.3, -0.25) is 0 Å². The molecule has 0 saturated heterocycles. The molecule has 0 aliphatic carbocycles. The second-order valence-corrected chi connectivity index (χ2v) is 6.33. The molecule has 2 aromatic rings. The van der Waals surface area contributed by atoms with Crippen LogP contribution in [-0.4, -0.2) is 29.8 Å². The number of alkyl halides is 3. The molecule has 0 saturated carbocycles. The van der Waals surface area contributed by atoms with E-state index in [0.717, 1.165) is 12.1 Å². The van der Waals surface area contributed by atoms with E-state index in [0.29, 0.717) is 10.9 Å². The number of hydrogen-bond donors (Lipinski definition) is 1. The van der Waals surface area contributed by atoms with Crippen LogP contribution in [0, 0.1) is 0 Å². The lowest BCUT2D eigenvalue weighted by Gasteiger charge is -2.19. The SMILES string of the molecule is CC(C)(C)OC(=O)NCCOc1ccc2cc(C(F)(F)F)ccc2n1. The molecule has 0 aliphatic heterocycles. The minimum Gasteiger partial charge on any atom is -0.476 e. The zero-order valence-electron chi connectivity index (χ0n) is 14.1. The molecule has 0 aliphatic rings. The van der Waals surface area contributed by atoms with Gasteiger partial charge < -0.3 is 14.8 Å². The number of fused-ring (bicyclic) bond motifs is 1. The van der Waals surface area contributed by atoms with E-state index >= 15 is 0 Å². The van der Waals surface area contributed by atoms with Crippen LogP contribution in [0.4, 0.5) is 18.0 Å².